The van der Waals surface area contributed by atoms with Crippen molar-refractivity contribution in [3.05, 3.63) is 48.6 Å². The van der Waals surface area contributed by atoms with Crippen molar-refractivity contribution in [1.29, 1.82) is 0 Å². The number of hydrogen-bond acceptors (Lipinski definition) is 5. The molecule has 0 heterocycles. The average Bonchev–Trinajstić information content (AvgIpc) is 2.69. The summed E-state index contributed by atoms with van der Waals surface area (Å²) in [6.45, 7) is 5.75. The van der Waals surface area contributed by atoms with Crippen molar-refractivity contribution in [3.8, 4) is 11.5 Å². The smallest absolute Gasteiger partial charge is 0.162 e. The lowest BCUT2D eigenvalue weighted by Crippen LogP contribution is -2.46. The highest BCUT2D eigenvalue weighted by Crippen LogP contribution is 2.44. The van der Waals surface area contributed by atoms with Gasteiger partial charge in [0.05, 0.1) is 26.4 Å². The Labute approximate surface area is 161 Å². The number of aliphatic hydroxyl groups excluding tert-OH is 1. The molecule has 148 valence electrons. The molecule has 5 nitrogen and oxygen atoms in total. The summed E-state index contributed by atoms with van der Waals surface area (Å²) in [5.41, 5.74) is 0.204. The van der Waals surface area contributed by atoms with E-state index in [9.17, 15) is 9.90 Å². The Hall–Kier alpha value is -2.11. The summed E-state index contributed by atoms with van der Waals surface area (Å²) < 4.78 is 16.1. The quantitative estimate of drug-likeness (QED) is 0.672. The Morgan fingerprint density at radius 1 is 1.30 bits per heavy atom. The minimum Gasteiger partial charge on any atom is -0.493 e. The van der Waals surface area contributed by atoms with Gasteiger partial charge in [-0.1, -0.05) is 25.1 Å². The maximum atomic E-state index is 12.8. The van der Waals surface area contributed by atoms with Gasteiger partial charge in [-0.05, 0) is 49.0 Å². The summed E-state index contributed by atoms with van der Waals surface area (Å²) in [4.78, 5) is 12.8. The zero-order valence-electron chi connectivity index (χ0n) is 16.6. The van der Waals surface area contributed by atoms with Gasteiger partial charge < -0.3 is 19.3 Å². The maximum Gasteiger partial charge on any atom is 0.162 e. The van der Waals surface area contributed by atoms with Crippen LogP contribution < -0.4 is 9.47 Å². The molecule has 2 rings (SSSR count). The molecule has 0 saturated carbocycles. The van der Waals surface area contributed by atoms with E-state index in [2.05, 4.69) is 6.58 Å². The maximum absolute atomic E-state index is 12.8. The number of carbonyl (C=O) groups excluding carboxylic acids is 1. The van der Waals surface area contributed by atoms with Crippen LogP contribution in [0.2, 0.25) is 0 Å². The van der Waals surface area contributed by atoms with Gasteiger partial charge >= 0.3 is 0 Å². The molecule has 1 aromatic carbocycles. The Balaban J connectivity index is 2.25. The predicted molar refractivity (Wildman–Crippen MR) is 105 cm³/mol. The van der Waals surface area contributed by atoms with Crippen molar-refractivity contribution in [2.24, 2.45) is 11.3 Å². The summed E-state index contributed by atoms with van der Waals surface area (Å²) in [5.74, 6) is 1.02. The van der Waals surface area contributed by atoms with Crippen LogP contribution in [0.4, 0.5) is 0 Å². The van der Waals surface area contributed by atoms with Crippen molar-refractivity contribution < 1.29 is 24.1 Å². The summed E-state index contributed by atoms with van der Waals surface area (Å²) in [6.07, 6.45) is 5.74. The highest BCUT2D eigenvalue weighted by atomic mass is 16.5. The van der Waals surface area contributed by atoms with E-state index < -0.39 is 11.5 Å². The Morgan fingerprint density at radius 2 is 2.00 bits per heavy atom. The van der Waals surface area contributed by atoms with Crippen LogP contribution in [-0.2, 0) is 16.0 Å². The van der Waals surface area contributed by atoms with Gasteiger partial charge in [0.25, 0.3) is 0 Å². The van der Waals surface area contributed by atoms with Crippen LogP contribution in [0.15, 0.2) is 43.0 Å². The average molecular weight is 374 g/mol. The van der Waals surface area contributed by atoms with Gasteiger partial charge in [0, 0.05) is 12.5 Å². The zero-order chi connectivity index (χ0) is 20.0. The standard InChI is InChI=1S/C22H30O5/c1-6-11-22(14-17(25-3)8-10-21(22)24)15(2)18(23)12-16-7-9-19(26-4)20(13-16)27-5/h6-10,13,15,17-18,23H,1,11-12,14H2,2-5H3. The van der Waals surface area contributed by atoms with Crippen LogP contribution >= 0.6 is 0 Å². The normalized spacial score (nSPS) is 24.3. The number of allylic oxidation sites excluding steroid dienone is 2. The molecule has 0 spiro atoms. The second kappa shape index (κ2) is 9.20. The second-order valence-corrected chi connectivity index (χ2v) is 7.10. The fourth-order valence-corrected chi connectivity index (χ4v) is 3.88. The van der Waals surface area contributed by atoms with Crippen LogP contribution in [0.3, 0.4) is 0 Å². The largest absolute Gasteiger partial charge is 0.493 e. The number of ether oxygens (including phenoxy) is 3. The summed E-state index contributed by atoms with van der Waals surface area (Å²) in [7, 11) is 4.80. The van der Waals surface area contributed by atoms with Crippen LogP contribution in [0.25, 0.3) is 0 Å². The molecular weight excluding hydrogens is 344 g/mol. The third-order valence-electron chi connectivity index (χ3n) is 5.67. The molecule has 0 bridgehead atoms. The molecule has 1 aliphatic carbocycles. The van der Waals surface area contributed by atoms with Crippen LogP contribution in [-0.4, -0.2) is 44.4 Å². The lowest BCUT2D eigenvalue weighted by Gasteiger charge is -2.42. The molecule has 0 amide bonds. The Morgan fingerprint density at radius 3 is 2.59 bits per heavy atom. The lowest BCUT2D eigenvalue weighted by atomic mass is 9.62. The van der Waals surface area contributed by atoms with E-state index >= 15 is 0 Å². The number of methoxy groups -OCH3 is 3. The molecule has 4 unspecified atom stereocenters. The Bertz CT molecular complexity index is 696. The molecule has 1 aromatic rings. The first kappa shape index (κ1) is 21.2. The van der Waals surface area contributed by atoms with Crippen molar-refractivity contribution in [3.63, 3.8) is 0 Å². The van der Waals surface area contributed by atoms with Crippen molar-refractivity contribution >= 4 is 5.78 Å². The molecular formula is C22H30O5. The molecule has 0 radical (unpaired) electrons. The number of aliphatic hydroxyl groups is 1. The van der Waals surface area contributed by atoms with E-state index in [-0.39, 0.29) is 17.8 Å². The molecule has 0 saturated heterocycles. The molecule has 0 aliphatic heterocycles. The summed E-state index contributed by atoms with van der Waals surface area (Å²) >= 11 is 0. The van der Waals surface area contributed by atoms with E-state index in [1.807, 2.05) is 25.1 Å². The second-order valence-electron chi connectivity index (χ2n) is 7.10. The van der Waals surface area contributed by atoms with E-state index in [0.29, 0.717) is 30.8 Å². The van der Waals surface area contributed by atoms with E-state index in [1.165, 1.54) is 0 Å². The van der Waals surface area contributed by atoms with Crippen LogP contribution in [0.5, 0.6) is 11.5 Å². The van der Waals surface area contributed by atoms with E-state index in [1.54, 1.807) is 39.6 Å². The van der Waals surface area contributed by atoms with E-state index in [4.69, 9.17) is 14.2 Å². The number of rotatable bonds is 9. The Kier molecular flexibility index (Phi) is 7.22. The van der Waals surface area contributed by atoms with Crippen LogP contribution in [0, 0.1) is 11.3 Å². The zero-order valence-corrected chi connectivity index (χ0v) is 16.6. The third kappa shape index (κ3) is 4.42. The topological polar surface area (TPSA) is 65.0 Å². The number of carbonyl (C=O) groups is 1. The van der Waals surface area contributed by atoms with Gasteiger partial charge in [-0.3, -0.25) is 4.79 Å². The first-order valence-corrected chi connectivity index (χ1v) is 9.17. The fraction of sp³-hybridized carbons (Fsp3) is 0.500. The van der Waals surface area contributed by atoms with Gasteiger partial charge in [-0.2, -0.15) is 0 Å². The number of hydrogen-bond donors (Lipinski definition) is 1. The fourth-order valence-electron chi connectivity index (χ4n) is 3.88. The molecule has 4 atom stereocenters. The highest BCUT2D eigenvalue weighted by molar-refractivity contribution is 5.96. The van der Waals surface area contributed by atoms with Crippen molar-refractivity contribution in [2.75, 3.05) is 21.3 Å². The monoisotopic (exact) mass is 374 g/mol. The molecule has 0 fully saturated rings. The van der Waals surface area contributed by atoms with Gasteiger partial charge in [0.15, 0.2) is 17.3 Å². The first-order chi connectivity index (χ1) is 12.9. The SMILES string of the molecule is C=CCC1(C(C)C(O)Cc2ccc(OC)c(OC)c2)CC(OC)C=CC1=O. The lowest BCUT2D eigenvalue weighted by molar-refractivity contribution is -0.133. The third-order valence-corrected chi connectivity index (χ3v) is 5.67. The van der Waals surface area contributed by atoms with Gasteiger partial charge in [-0.25, -0.2) is 0 Å². The molecule has 5 heteroatoms. The first-order valence-electron chi connectivity index (χ1n) is 9.17. The minimum atomic E-state index is -0.715. The predicted octanol–water partition coefficient (Wildman–Crippen LogP) is 3.35. The minimum absolute atomic E-state index is 0.0227. The van der Waals surface area contributed by atoms with Gasteiger partial charge in [0.1, 0.15) is 0 Å². The van der Waals surface area contributed by atoms with Crippen LogP contribution in [0.1, 0.15) is 25.3 Å². The van der Waals surface area contributed by atoms with Gasteiger partial charge in [0.2, 0.25) is 0 Å². The molecule has 1 N–H and O–H groups in total. The van der Waals surface area contributed by atoms with Crippen molar-refractivity contribution in [1.82, 2.24) is 0 Å². The van der Waals surface area contributed by atoms with Gasteiger partial charge in [-0.15, -0.1) is 6.58 Å². The van der Waals surface area contributed by atoms with Crippen molar-refractivity contribution in [2.45, 2.75) is 38.4 Å². The molecule has 27 heavy (non-hydrogen) atoms. The van der Waals surface area contributed by atoms with E-state index in [0.717, 1.165) is 5.56 Å². The highest BCUT2D eigenvalue weighted by Gasteiger charge is 2.46. The summed E-state index contributed by atoms with van der Waals surface area (Å²) in [6, 6.07) is 5.58. The molecule has 0 aromatic heterocycles. The number of benzene rings is 1. The molecule has 1 aliphatic rings. The summed E-state index contributed by atoms with van der Waals surface area (Å²) in [5, 5.41) is 11.0. The number of ketones is 1.